The van der Waals surface area contributed by atoms with Crippen molar-refractivity contribution < 1.29 is 9.53 Å². The predicted octanol–water partition coefficient (Wildman–Crippen LogP) is 1.75. The zero-order valence-corrected chi connectivity index (χ0v) is 9.73. The number of hydrogen-bond donors (Lipinski definition) is 0. The average molecular weight is 221 g/mol. The van der Waals surface area contributed by atoms with Crippen LogP contribution in [0, 0.1) is 11.3 Å². The van der Waals surface area contributed by atoms with E-state index in [1.807, 2.05) is 26.8 Å². The lowest BCUT2D eigenvalue weighted by molar-refractivity contribution is -0.00302. The van der Waals surface area contributed by atoms with Crippen molar-refractivity contribution in [1.29, 1.82) is 5.26 Å². The maximum Gasteiger partial charge on any atom is 0.359 e. The minimum Gasteiger partial charge on any atom is -0.455 e. The highest BCUT2D eigenvalue weighted by Gasteiger charge is 2.22. The Labute approximate surface area is 94.7 Å². The van der Waals surface area contributed by atoms with Gasteiger partial charge in [0.25, 0.3) is 0 Å². The Bertz CT molecular complexity index is 415. The molecule has 1 aromatic rings. The van der Waals surface area contributed by atoms with Gasteiger partial charge >= 0.3 is 5.97 Å². The number of ether oxygens (including phenoxy) is 1. The molecule has 0 radical (unpaired) electrons. The fraction of sp³-hybridized carbons (Fsp3) is 0.545. The minimum atomic E-state index is -0.490. The summed E-state index contributed by atoms with van der Waals surface area (Å²) in [5, 5.41) is 8.48. The van der Waals surface area contributed by atoms with Crippen LogP contribution in [0.15, 0.2) is 12.5 Å². The first-order valence-electron chi connectivity index (χ1n) is 5.10. The first-order chi connectivity index (χ1) is 7.48. The molecule has 1 aromatic heterocycles. The van der Waals surface area contributed by atoms with Gasteiger partial charge in [0.2, 0.25) is 0 Å². The van der Waals surface area contributed by atoms with Gasteiger partial charge in [-0.3, -0.25) is 0 Å². The number of esters is 1. The van der Waals surface area contributed by atoms with E-state index in [0.29, 0.717) is 0 Å². The quantitative estimate of drug-likeness (QED) is 0.726. The van der Waals surface area contributed by atoms with Crippen LogP contribution in [0.5, 0.6) is 0 Å². The van der Waals surface area contributed by atoms with Crippen molar-refractivity contribution in [3.8, 4) is 6.07 Å². The van der Waals surface area contributed by atoms with E-state index in [2.05, 4.69) is 4.98 Å². The third kappa shape index (κ3) is 3.09. The van der Waals surface area contributed by atoms with Gasteiger partial charge in [-0.15, -0.1) is 0 Å². The molecule has 5 nitrogen and oxygen atoms in total. The van der Waals surface area contributed by atoms with Gasteiger partial charge in [0.15, 0.2) is 5.69 Å². The molecule has 0 N–H and O–H groups in total. The van der Waals surface area contributed by atoms with Gasteiger partial charge in [0, 0.05) is 6.20 Å². The Hall–Kier alpha value is -1.83. The standard InChI is InChI=1S/C11H15N3O2/c1-4-11(2,3)16-10(15)9-7-14(6-5-12)8-13-9/h7-8H,4,6H2,1-3H3. The van der Waals surface area contributed by atoms with Crippen LogP contribution in [0.1, 0.15) is 37.7 Å². The van der Waals surface area contributed by atoms with Crippen molar-refractivity contribution in [3.05, 3.63) is 18.2 Å². The van der Waals surface area contributed by atoms with Crippen LogP contribution < -0.4 is 0 Å². The van der Waals surface area contributed by atoms with Gasteiger partial charge in [0.05, 0.1) is 12.4 Å². The second kappa shape index (κ2) is 4.79. The number of carbonyl (C=O) groups is 1. The van der Waals surface area contributed by atoms with Crippen LogP contribution in [-0.2, 0) is 11.3 Å². The summed E-state index contributed by atoms with van der Waals surface area (Å²) < 4.78 is 6.80. The van der Waals surface area contributed by atoms with Crippen molar-refractivity contribution in [2.75, 3.05) is 0 Å². The Morgan fingerprint density at radius 2 is 2.38 bits per heavy atom. The molecule has 0 aliphatic heterocycles. The van der Waals surface area contributed by atoms with Crippen LogP contribution in [0.4, 0.5) is 0 Å². The highest BCUT2D eigenvalue weighted by Crippen LogP contribution is 2.15. The Morgan fingerprint density at radius 1 is 1.69 bits per heavy atom. The smallest absolute Gasteiger partial charge is 0.359 e. The lowest BCUT2D eigenvalue weighted by atomic mass is 10.1. The molecular formula is C11H15N3O2. The van der Waals surface area contributed by atoms with Crippen LogP contribution in [-0.4, -0.2) is 21.1 Å². The molecule has 0 aromatic carbocycles. The first kappa shape index (κ1) is 12.2. The molecule has 1 rings (SSSR count). The number of hydrogen-bond acceptors (Lipinski definition) is 4. The summed E-state index contributed by atoms with van der Waals surface area (Å²) in [4.78, 5) is 15.5. The van der Waals surface area contributed by atoms with Gasteiger partial charge in [0.1, 0.15) is 12.1 Å². The van der Waals surface area contributed by atoms with Crippen molar-refractivity contribution in [1.82, 2.24) is 9.55 Å². The molecule has 0 saturated heterocycles. The number of nitrogens with zero attached hydrogens (tertiary/aromatic N) is 3. The molecule has 0 fully saturated rings. The highest BCUT2D eigenvalue weighted by molar-refractivity contribution is 5.87. The molecule has 5 heteroatoms. The second-order valence-electron chi connectivity index (χ2n) is 4.09. The van der Waals surface area contributed by atoms with Crippen molar-refractivity contribution in [2.45, 2.75) is 39.3 Å². The van der Waals surface area contributed by atoms with E-state index in [9.17, 15) is 4.79 Å². The summed E-state index contributed by atoms with van der Waals surface area (Å²) >= 11 is 0. The number of aromatic nitrogens is 2. The molecule has 1 heterocycles. The van der Waals surface area contributed by atoms with Gasteiger partial charge in [-0.1, -0.05) is 6.92 Å². The van der Waals surface area contributed by atoms with E-state index in [0.717, 1.165) is 6.42 Å². The third-order valence-electron chi connectivity index (χ3n) is 2.32. The first-order valence-corrected chi connectivity index (χ1v) is 5.10. The molecule has 0 aliphatic rings. The van der Waals surface area contributed by atoms with Gasteiger partial charge < -0.3 is 9.30 Å². The predicted molar refractivity (Wildman–Crippen MR) is 57.6 cm³/mol. The summed E-state index contributed by atoms with van der Waals surface area (Å²) in [6, 6.07) is 1.97. The molecule has 0 bridgehead atoms. The van der Waals surface area contributed by atoms with E-state index in [1.165, 1.54) is 17.1 Å². The van der Waals surface area contributed by atoms with Crippen molar-refractivity contribution in [3.63, 3.8) is 0 Å². The van der Waals surface area contributed by atoms with Gasteiger partial charge in [-0.25, -0.2) is 9.78 Å². The second-order valence-corrected chi connectivity index (χ2v) is 4.09. The minimum absolute atomic E-state index is 0.178. The van der Waals surface area contributed by atoms with Crippen LogP contribution in [0.2, 0.25) is 0 Å². The van der Waals surface area contributed by atoms with Crippen LogP contribution >= 0.6 is 0 Å². The van der Waals surface area contributed by atoms with Gasteiger partial charge in [-0.2, -0.15) is 5.26 Å². The maximum absolute atomic E-state index is 11.7. The topological polar surface area (TPSA) is 67.9 Å². The molecule has 0 aliphatic carbocycles. The van der Waals surface area contributed by atoms with E-state index in [1.54, 1.807) is 0 Å². The maximum atomic E-state index is 11.7. The number of nitriles is 1. The molecule has 16 heavy (non-hydrogen) atoms. The summed E-state index contributed by atoms with van der Waals surface area (Å²) in [7, 11) is 0. The van der Waals surface area contributed by atoms with E-state index in [4.69, 9.17) is 10.00 Å². The van der Waals surface area contributed by atoms with Crippen LogP contribution in [0.25, 0.3) is 0 Å². The number of carbonyl (C=O) groups excluding carboxylic acids is 1. The zero-order chi connectivity index (χ0) is 12.2. The molecular weight excluding hydrogens is 206 g/mol. The summed E-state index contributed by atoms with van der Waals surface area (Å²) in [5.41, 5.74) is -0.257. The monoisotopic (exact) mass is 221 g/mol. The lowest BCUT2D eigenvalue weighted by Gasteiger charge is -2.22. The van der Waals surface area contributed by atoms with E-state index in [-0.39, 0.29) is 12.2 Å². The van der Waals surface area contributed by atoms with Crippen molar-refractivity contribution >= 4 is 5.97 Å². The van der Waals surface area contributed by atoms with Crippen LogP contribution in [0.3, 0.4) is 0 Å². The summed E-state index contributed by atoms with van der Waals surface area (Å²) in [6.07, 6.45) is 3.69. The average Bonchev–Trinajstić information content (AvgIpc) is 2.66. The molecule has 0 amide bonds. The summed E-state index contributed by atoms with van der Waals surface area (Å²) in [6.45, 7) is 5.81. The Kier molecular flexibility index (Phi) is 3.67. The molecule has 0 spiro atoms. The fourth-order valence-electron chi connectivity index (χ4n) is 1.01. The normalized spacial score (nSPS) is 10.9. The number of imidazole rings is 1. The molecule has 0 saturated carbocycles. The molecule has 0 atom stereocenters. The number of rotatable bonds is 4. The molecule has 0 unspecified atom stereocenters. The Morgan fingerprint density at radius 3 is 2.94 bits per heavy atom. The third-order valence-corrected chi connectivity index (χ3v) is 2.32. The molecule has 86 valence electrons. The van der Waals surface area contributed by atoms with Gasteiger partial charge in [-0.05, 0) is 20.3 Å². The van der Waals surface area contributed by atoms with E-state index < -0.39 is 11.6 Å². The van der Waals surface area contributed by atoms with E-state index >= 15 is 0 Å². The zero-order valence-electron chi connectivity index (χ0n) is 9.73. The summed E-state index contributed by atoms with van der Waals surface area (Å²) in [5.74, 6) is -0.455. The van der Waals surface area contributed by atoms with Crippen molar-refractivity contribution in [2.24, 2.45) is 0 Å². The highest BCUT2D eigenvalue weighted by atomic mass is 16.6. The largest absolute Gasteiger partial charge is 0.455 e. The lowest BCUT2D eigenvalue weighted by Crippen LogP contribution is -2.27. The Balaban J connectivity index is 2.70. The fourth-order valence-corrected chi connectivity index (χ4v) is 1.01. The SMILES string of the molecule is CCC(C)(C)OC(=O)c1cn(CC#N)cn1.